The quantitative estimate of drug-likeness (QED) is 0.776. The molecular weight excluding hydrogens is 376 g/mol. The molecule has 2 aromatic rings. The van der Waals surface area contributed by atoms with E-state index in [2.05, 4.69) is 12.2 Å². The van der Waals surface area contributed by atoms with Crippen molar-refractivity contribution in [3.8, 4) is 0 Å². The summed E-state index contributed by atoms with van der Waals surface area (Å²) < 4.78 is 0. The molecule has 1 saturated carbocycles. The summed E-state index contributed by atoms with van der Waals surface area (Å²) in [6.07, 6.45) is 2.53. The molecule has 1 heterocycles. The molecule has 2 aromatic carbocycles. The van der Waals surface area contributed by atoms with Gasteiger partial charge in [0.1, 0.15) is 0 Å². The summed E-state index contributed by atoms with van der Waals surface area (Å²) >= 11 is 5.85. The van der Waals surface area contributed by atoms with E-state index in [0.717, 1.165) is 19.3 Å². The van der Waals surface area contributed by atoms with Crippen LogP contribution < -0.4 is 10.2 Å². The van der Waals surface area contributed by atoms with E-state index in [1.807, 2.05) is 0 Å². The van der Waals surface area contributed by atoms with Crippen LogP contribution in [-0.4, -0.2) is 17.7 Å². The molecular formula is C22H21ClN2O3. The number of benzene rings is 2. The van der Waals surface area contributed by atoms with Crippen molar-refractivity contribution in [2.75, 3.05) is 10.2 Å². The molecule has 1 saturated heterocycles. The third-order valence-electron chi connectivity index (χ3n) is 5.68. The van der Waals surface area contributed by atoms with Gasteiger partial charge in [0, 0.05) is 16.3 Å². The van der Waals surface area contributed by atoms with Crippen LogP contribution in [0.25, 0.3) is 0 Å². The van der Waals surface area contributed by atoms with Gasteiger partial charge in [-0.15, -0.1) is 0 Å². The summed E-state index contributed by atoms with van der Waals surface area (Å²) in [5.74, 6) is -0.423. The topological polar surface area (TPSA) is 66.5 Å². The van der Waals surface area contributed by atoms with Crippen molar-refractivity contribution < 1.29 is 14.4 Å². The molecule has 0 radical (unpaired) electrons. The standard InChI is InChI=1S/C22H21ClN2O3/c1-13-2-11-18-19(12-13)22(28)25(21(18)27)17-9-3-14(4-10-17)20(26)24-16-7-5-15(23)6-8-16/h3-10,13,18-19H,2,11-12H2,1H3,(H,24,26)/t13-,18+,19+/m0/s1. The van der Waals surface area contributed by atoms with Crippen molar-refractivity contribution in [1.82, 2.24) is 0 Å². The minimum Gasteiger partial charge on any atom is -0.322 e. The number of nitrogens with zero attached hydrogens (tertiary/aromatic N) is 1. The van der Waals surface area contributed by atoms with Crippen LogP contribution >= 0.6 is 11.6 Å². The monoisotopic (exact) mass is 396 g/mol. The molecule has 1 aliphatic heterocycles. The summed E-state index contributed by atoms with van der Waals surface area (Å²) in [6, 6.07) is 13.4. The van der Waals surface area contributed by atoms with Gasteiger partial charge in [-0.1, -0.05) is 18.5 Å². The number of nitrogens with one attached hydrogen (secondary N) is 1. The fraction of sp³-hybridized carbons (Fsp3) is 0.318. The summed E-state index contributed by atoms with van der Waals surface area (Å²) in [5, 5.41) is 3.39. The van der Waals surface area contributed by atoms with E-state index in [0.29, 0.717) is 27.9 Å². The number of fused-ring (bicyclic) bond motifs is 1. The number of hydrogen-bond acceptors (Lipinski definition) is 3. The minimum absolute atomic E-state index is 0.111. The zero-order valence-electron chi connectivity index (χ0n) is 15.5. The Labute approximate surface area is 168 Å². The molecule has 0 bridgehead atoms. The van der Waals surface area contributed by atoms with Crippen molar-refractivity contribution >= 4 is 40.7 Å². The Morgan fingerprint density at radius 3 is 2.29 bits per heavy atom. The highest BCUT2D eigenvalue weighted by atomic mass is 35.5. The number of amides is 3. The van der Waals surface area contributed by atoms with E-state index < -0.39 is 0 Å². The number of rotatable bonds is 3. The third-order valence-corrected chi connectivity index (χ3v) is 5.93. The van der Waals surface area contributed by atoms with Crippen molar-refractivity contribution in [3.05, 3.63) is 59.1 Å². The van der Waals surface area contributed by atoms with E-state index in [1.165, 1.54) is 4.90 Å². The SMILES string of the molecule is C[C@H]1CC[C@H]2C(=O)N(c3ccc(C(=O)Nc4ccc(Cl)cc4)cc3)C(=O)[C@@H]2C1. The Hall–Kier alpha value is -2.66. The number of halogens is 1. The Morgan fingerprint density at radius 1 is 0.964 bits per heavy atom. The summed E-state index contributed by atoms with van der Waals surface area (Å²) in [4.78, 5) is 39.3. The van der Waals surface area contributed by atoms with Crippen molar-refractivity contribution in [2.45, 2.75) is 26.2 Å². The smallest absolute Gasteiger partial charge is 0.255 e. The molecule has 0 aromatic heterocycles. The second-order valence-electron chi connectivity index (χ2n) is 7.65. The summed E-state index contributed by atoms with van der Waals surface area (Å²) in [6.45, 7) is 2.13. The van der Waals surface area contributed by atoms with E-state index in [9.17, 15) is 14.4 Å². The van der Waals surface area contributed by atoms with Gasteiger partial charge in [-0.25, -0.2) is 0 Å². The van der Waals surface area contributed by atoms with E-state index >= 15 is 0 Å². The van der Waals surface area contributed by atoms with Crippen LogP contribution in [0.4, 0.5) is 11.4 Å². The van der Waals surface area contributed by atoms with Crippen molar-refractivity contribution in [1.29, 1.82) is 0 Å². The molecule has 3 amide bonds. The third kappa shape index (κ3) is 3.42. The van der Waals surface area contributed by atoms with Gasteiger partial charge in [-0.3, -0.25) is 19.3 Å². The number of carbonyl (C=O) groups is 3. The highest BCUT2D eigenvalue weighted by Gasteiger charge is 2.49. The largest absolute Gasteiger partial charge is 0.322 e. The molecule has 6 heteroatoms. The number of imide groups is 1. The van der Waals surface area contributed by atoms with Crippen LogP contribution in [0.2, 0.25) is 5.02 Å². The molecule has 144 valence electrons. The first-order valence-electron chi connectivity index (χ1n) is 9.49. The molecule has 4 rings (SSSR count). The average Bonchev–Trinajstić information content (AvgIpc) is 2.93. The number of hydrogen-bond donors (Lipinski definition) is 1. The zero-order valence-corrected chi connectivity index (χ0v) is 16.3. The van der Waals surface area contributed by atoms with Crippen LogP contribution in [0.5, 0.6) is 0 Å². The predicted octanol–water partition coefficient (Wildman–Crippen LogP) is 4.52. The van der Waals surface area contributed by atoms with Crippen LogP contribution in [0.1, 0.15) is 36.5 Å². The van der Waals surface area contributed by atoms with Crippen LogP contribution in [0, 0.1) is 17.8 Å². The van der Waals surface area contributed by atoms with Gasteiger partial charge in [0.15, 0.2) is 0 Å². The van der Waals surface area contributed by atoms with E-state index in [1.54, 1.807) is 48.5 Å². The number of carbonyl (C=O) groups excluding carboxylic acids is 3. The molecule has 0 spiro atoms. The zero-order chi connectivity index (χ0) is 19.8. The van der Waals surface area contributed by atoms with Crippen molar-refractivity contribution in [2.24, 2.45) is 17.8 Å². The predicted molar refractivity (Wildman–Crippen MR) is 108 cm³/mol. The van der Waals surface area contributed by atoms with E-state index in [4.69, 9.17) is 11.6 Å². The maximum Gasteiger partial charge on any atom is 0.255 e. The fourth-order valence-electron chi connectivity index (χ4n) is 4.14. The first kappa shape index (κ1) is 18.7. The Morgan fingerprint density at radius 2 is 1.61 bits per heavy atom. The lowest BCUT2D eigenvalue weighted by Crippen LogP contribution is -2.30. The van der Waals surface area contributed by atoms with Crippen molar-refractivity contribution in [3.63, 3.8) is 0 Å². The normalized spacial score (nSPS) is 24.2. The molecule has 3 atom stereocenters. The number of anilines is 2. The molecule has 0 unspecified atom stereocenters. The Balaban J connectivity index is 1.50. The molecule has 28 heavy (non-hydrogen) atoms. The van der Waals surface area contributed by atoms with Gasteiger partial charge in [0.05, 0.1) is 17.5 Å². The van der Waals surface area contributed by atoms with Gasteiger partial charge >= 0.3 is 0 Å². The average molecular weight is 397 g/mol. The molecule has 2 fully saturated rings. The first-order chi connectivity index (χ1) is 13.4. The minimum atomic E-state index is -0.268. The molecule has 1 aliphatic carbocycles. The molecule has 2 aliphatic rings. The summed E-state index contributed by atoms with van der Waals surface area (Å²) in [7, 11) is 0. The van der Waals surface area contributed by atoms with Gasteiger partial charge < -0.3 is 5.32 Å². The van der Waals surface area contributed by atoms with Crippen LogP contribution in [0.15, 0.2) is 48.5 Å². The Bertz CT molecular complexity index is 924. The van der Waals surface area contributed by atoms with Gasteiger partial charge in [-0.2, -0.15) is 0 Å². The second kappa shape index (κ2) is 7.40. The maximum atomic E-state index is 12.8. The lowest BCUT2D eigenvalue weighted by molar-refractivity contribution is -0.122. The maximum absolute atomic E-state index is 12.8. The molecule has 1 N–H and O–H groups in total. The van der Waals surface area contributed by atoms with Gasteiger partial charge in [0.25, 0.3) is 5.91 Å². The lowest BCUT2D eigenvalue weighted by Gasteiger charge is -2.25. The molecule has 5 nitrogen and oxygen atoms in total. The Kier molecular flexibility index (Phi) is 4.94. The first-order valence-corrected chi connectivity index (χ1v) is 9.86. The fourth-order valence-corrected chi connectivity index (χ4v) is 4.27. The van der Waals surface area contributed by atoms with Crippen LogP contribution in [-0.2, 0) is 9.59 Å². The highest BCUT2D eigenvalue weighted by molar-refractivity contribution is 6.30. The lowest BCUT2D eigenvalue weighted by atomic mass is 9.76. The van der Waals surface area contributed by atoms with E-state index in [-0.39, 0.29) is 29.6 Å². The highest BCUT2D eigenvalue weighted by Crippen LogP contribution is 2.42. The summed E-state index contributed by atoms with van der Waals surface area (Å²) in [5.41, 5.74) is 1.62. The van der Waals surface area contributed by atoms with Gasteiger partial charge in [0.2, 0.25) is 11.8 Å². The van der Waals surface area contributed by atoms with Gasteiger partial charge in [-0.05, 0) is 73.7 Å². The van der Waals surface area contributed by atoms with Crippen LogP contribution in [0.3, 0.4) is 0 Å². The second-order valence-corrected chi connectivity index (χ2v) is 8.09.